The third kappa shape index (κ3) is 1.99. The second-order valence-electron chi connectivity index (χ2n) is 4.48. The summed E-state index contributed by atoms with van der Waals surface area (Å²) in [6.45, 7) is 5.51. The average Bonchev–Trinajstić information content (AvgIpc) is 2.01. The van der Waals surface area contributed by atoms with E-state index in [-0.39, 0.29) is 17.1 Å². The Morgan fingerprint density at radius 2 is 1.50 bits per heavy atom. The first-order valence-corrected chi connectivity index (χ1v) is 4.53. The summed E-state index contributed by atoms with van der Waals surface area (Å²) in [5.74, 6) is -0.153. The molecule has 1 aromatic rings. The quantitative estimate of drug-likeness (QED) is 0.645. The van der Waals surface area contributed by atoms with Crippen molar-refractivity contribution in [2.75, 3.05) is 0 Å². The fraction of sp³-hybridized carbons (Fsp3) is 0.455. The topological polar surface area (TPSA) is 60.7 Å². The Hall–Kier alpha value is -1.22. The summed E-state index contributed by atoms with van der Waals surface area (Å²) < 4.78 is 0. The lowest BCUT2D eigenvalue weighted by Crippen LogP contribution is -2.18. The minimum atomic E-state index is -0.885. The van der Waals surface area contributed by atoms with Crippen LogP contribution in [0.3, 0.4) is 0 Å². The lowest BCUT2D eigenvalue weighted by atomic mass is 9.84. The van der Waals surface area contributed by atoms with Gasteiger partial charge in [0.2, 0.25) is 0 Å². The maximum absolute atomic E-state index is 9.90. The molecule has 1 atom stereocenters. The number of rotatable bonds is 1. The molecule has 14 heavy (non-hydrogen) atoms. The molecule has 0 aliphatic rings. The summed E-state index contributed by atoms with van der Waals surface area (Å²) in [7, 11) is 0. The van der Waals surface area contributed by atoms with E-state index in [0.717, 1.165) is 0 Å². The van der Waals surface area contributed by atoms with Crippen LogP contribution in [0.2, 0.25) is 0 Å². The van der Waals surface area contributed by atoms with E-state index in [9.17, 15) is 15.3 Å². The third-order valence-corrected chi connectivity index (χ3v) is 2.15. The van der Waals surface area contributed by atoms with E-state index < -0.39 is 11.5 Å². The van der Waals surface area contributed by atoms with E-state index in [4.69, 9.17) is 0 Å². The van der Waals surface area contributed by atoms with Gasteiger partial charge in [-0.1, -0.05) is 26.8 Å². The minimum absolute atomic E-state index is 0.0765. The molecule has 0 radical (unpaired) electrons. The Morgan fingerprint density at radius 3 is 1.86 bits per heavy atom. The smallest absolute Gasteiger partial charge is 0.125 e. The van der Waals surface area contributed by atoms with Crippen molar-refractivity contribution in [3.8, 4) is 11.5 Å². The molecule has 0 aromatic heterocycles. The molecule has 0 fully saturated rings. The predicted octanol–water partition coefficient (Wildman–Crippen LogP) is 2.18. The number of phenols is 2. The summed E-state index contributed by atoms with van der Waals surface area (Å²) in [4.78, 5) is 0. The highest BCUT2D eigenvalue weighted by Crippen LogP contribution is 2.41. The number of aliphatic hydroxyl groups is 1. The molecule has 78 valence electrons. The van der Waals surface area contributed by atoms with Crippen molar-refractivity contribution in [3.63, 3.8) is 0 Å². The first-order chi connectivity index (χ1) is 6.34. The Labute approximate surface area is 83.6 Å². The molecule has 0 amide bonds. The summed E-state index contributed by atoms with van der Waals surface area (Å²) >= 11 is 0. The van der Waals surface area contributed by atoms with Gasteiger partial charge in [-0.2, -0.15) is 0 Å². The zero-order valence-electron chi connectivity index (χ0n) is 8.65. The largest absolute Gasteiger partial charge is 0.507 e. The zero-order valence-corrected chi connectivity index (χ0v) is 8.65. The van der Waals surface area contributed by atoms with Crippen molar-refractivity contribution in [2.45, 2.75) is 26.9 Å². The Bertz CT molecular complexity index is 306. The van der Waals surface area contributed by atoms with Crippen LogP contribution >= 0.6 is 0 Å². The van der Waals surface area contributed by atoms with E-state index in [1.165, 1.54) is 18.2 Å². The van der Waals surface area contributed by atoms with Gasteiger partial charge in [0.15, 0.2) is 0 Å². The maximum Gasteiger partial charge on any atom is 0.125 e. The molecule has 3 nitrogen and oxygen atoms in total. The number of phenolic OH excluding ortho intramolecular Hbond substituents is 2. The van der Waals surface area contributed by atoms with E-state index in [2.05, 4.69) is 0 Å². The van der Waals surface area contributed by atoms with Crippen LogP contribution in [-0.2, 0) is 0 Å². The van der Waals surface area contributed by atoms with Crippen molar-refractivity contribution < 1.29 is 15.3 Å². The SMILES string of the molecule is CC(C)(C)C(O)c1c(O)cccc1O. The molecule has 1 aromatic carbocycles. The van der Waals surface area contributed by atoms with Gasteiger partial charge in [-0.25, -0.2) is 0 Å². The maximum atomic E-state index is 9.90. The van der Waals surface area contributed by atoms with Gasteiger partial charge in [-0.15, -0.1) is 0 Å². The summed E-state index contributed by atoms with van der Waals surface area (Å²) in [5, 5.41) is 28.9. The van der Waals surface area contributed by atoms with Gasteiger partial charge >= 0.3 is 0 Å². The fourth-order valence-corrected chi connectivity index (χ4v) is 1.25. The summed E-state index contributed by atoms with van der Waals surface area (Å²) in [6, 6.07) is 4.43. The molecule has 3 N–H and O–H groups in total. The number of aromatic hydroxyl groups is 2. The lowest BCUT2D eigenvalue weighted by molar-refractivity contribution is 0.0582. The van der Waals surface area contributed by atoms with Gasteiger partial charge in [-0.3, -0.25) is 0 Å². The fourth-order valence-electron chi connectivity index (χ4n) is 1.25. The minimum Gasteiger partial charge on any atom is -0.507 e. The Balaban J connectivity index is 3.19. The van der Waals surface area contributed by atoms with Crippen LogP contribution in [0.1, 0.15) is 32.4 Å². The highest BCUT2D eigenvalue weighted by Gasteiger charge is 2.28. The molecule has 1 rings (SSSR count). The first-order valence-electron chi connectivity index (χ1n) is 4.53. The Morgan fingerprint density at radius 1 is 1.07 bits per heavy atom. The zero-order chi connectivity index (χ0) is 10.9. The molecule has 0 aliphatic heterocycles. The average molecular weight is 196 g/mol. The normalized spacial score (nSPS) is 14.0. The van der Waals surface area contributed by atoms with Crippen LogP contribution in [0.5, 0.6) is 11.5 Å². The van der Waals surface area contributed by atoms with Crippen LogP contribution in [0, 0.1) is 5.41 Å². The van der Waals surface area contributed by atoms with Gasteiger partial charge in [0.25, 0.3) is 0 Å². The molecular formula is C11H16O3. The first kappa shape index (κ1) is 10.9. The monoisotopic (exact) mass is 196 g/mol. The highest BCUT2D eigenvalue weighted by atomic mass is 16.3. The molecule has 3 heteroatoms. The lowest BCUT2D eigenvalue weighted by Gasteiger charge is -2.27. The molecule has 0 bridgehead atoms. The summed E-state index contributed by atoms with van der Waals surface area (Å²) in [6.07, 6.45) is -0.885. The molecule has 0 aliphatic carbocycles. The molecule has 1 unspecified atom stereocenters. The van der Waals surface area contributed by atoms with Crippen LogP contribution < -0.4 is 0 Å². The second-order valence-corrected chi connectivity index (χ2v) is 4.48. The van der Waals surface area contributed by atoms with Crippen LogP contribution in [0.15, 0.2) is 18.2 Å². The number of hydrogen-bond donors (Lipinski definition) is 3. The molecule has 0 spiro atoms. The molecule has 0 saturated carbocycles. The Kier molecular flexibility index (Phi) is 2.71. The van der Waals surface area contributed by atoms with Crippen molar-refractivity contribution in [2.24, 2.45) is 5.41 Å². The van der Waals surface area contributed by atoms with Crippen LogP contribution in [0.25, 0.3) is 0 Å². The van der Waals surface area contributed by atoms with Gasteiger partial charge in [0.1, 0.15) is 11.5 Å². The number of hydrogen-bond acceptors (Lipinski definition) is 3. The van der Waals surface area contributed by atoms with Crippen molar-refractivity contribution in [1.82, 2.24) is 0 Å². The summed E-state index contributed by atoms with van der Waals surface area (Å²) in [5.41, 5.74) is -0.226. The third-order valence-electron chi connectivity index (χ3n) is 2.15. The van der Waals surface area contributed by atoms with Crippen LogP contribution in [-0.4, -0.2) is 15.3 Å². The standard InChI is InChI=1S/C11H16O3/c1-11(2,3)10(14)9-7(12)5-4-6-8(9)13/h4-6,10,12-14H,1-3H3. The molecular weight excluding hydrogens is 180 g/mol. The molecule has 0 saturated heterocycles. The number of aliphatic hydroxyl groups excluding tert-OH is 1. The van der Waals surface area contributed by atoms with Gasteiger partial charge in [0.05, 0.1) is 11.7 Å². The molecule has 0 heterocycles. The van der Waals surface area contributed by atoms with E-state index in [1.54, 1.807) is 0 Å². The van der Waals surface area contributed by atoms with E-state index in [0.29, 0.717) is 0 Å². The second kappa shape index (κ2) is 3.50. The van der Waals surface area contributed by atoms with Gasteiger partial charge < -0.3 is 15.3 Å². The van der Waals surface area contributed by atoms with E-state index in [1.807, 2.05) is 20.8 Å². The van der Waals surface area contributed by atoms with E-state index >= 15 is 0 Å². The van der Waals surface area contributed by atoms with Crippen LogP contribution in [0.4, 0.5) is 0 Å². The van der Waals surface area contributed by atoms with Crippen molar-refractivity contribution in [1.29, 1.82) is 0 Å². The highest BCUT2D eigenvalue weighted by molar-refractivity contribution is 5.45. The van der Waals surface area contributed by atoms with Crippen molar-refractivity contribution in [3.05, 3.63) is 23.8 Å². The number of benzene rings is 1. The predicted molar refractivity (Wildman–Crippen MR) is 54.2 cm³/mol. The van der Waals surface area contributed by atoms with Crippen molar-refractivity contribution >= 4 is 0 Å². The van der Waals surface area contributed by atoms with Gasteiger partial charge in [0, 0.05) is 0 Å². The van der Waals surface area contributed by atoms with Gasteiger partial charge in [-0.05, 0) is 17.5 Å².